The van der Waals surface area contributed by atoms with Crippen LogP contribution in [0.5, 0.6) is 5.75 Å². The first-order chi connectivity index (χ1) is 9.88. The van der Waals surface area contributed by atoms with Crippen molar-refractivity contribution in [3.05, 3.63) is 63.1 Å². The Morgan fingerprint density at radius 1 is 1.24 bits per heavy atom. The number of aromatic hydroxyl groups is 1. The normalized spacial score (nSPS) is 10.4. The van der Waals surface area contributed by atoms with Crippen LogP contribution in [0.3, 0.4) is 0 Å². The van der Waals surface area contributed by atoms with Crippen molar-refractivity contribution in [3.8, 4) is 5.75 Å². The maximum absolute atomic E-state index is 12.1. The Labute approximate surface area is 122 Å². The number of pyridine rings is 1. The molecule has 5 nitrogen and oxygen atoms in total. The third kappa shape index (κ3) is 3.31. The molecule has 110 valence electrons. The van der Waals surface area contributed by atoms with Crippen molar-refractivity contribution in [1.82, 2.24) is 9.88 Å². The lowest BCUT2D eigenvalue weighted by atomic mass is 10.1. The lowest BCUT2D eigenvalue weighted by Gasteiger charge is -2.11. The summed E-state index contributed by atoms with van der Waals surface area (Å²) in [4.78, 5) is 23.5. The van der Waals surface area contributed by atoms with E-state index in [9.17, 15) is 14.7 Å². The average molecular weight is 286 g/mol. The highest BCUT2D eigenvalue weighted by atomic mass is 16.3. The molecule has 1 heterocycles. The van der Waals surface area contributed by atoms with Crippen LogP contribution in [0.15, 0.2) is 35.3 Å². The molecule has 1 aromatic heterocycles. The van der Waals surface area contributed by atoms with Gasteiger partial charge in [0.1, 0.15) is 0 Å². The molecule has 21 heavy (non-hydrogen) atoms. The van der Waals surface area contributed by atoms with E-state index in [0.717, 1.165) is 11.1 Å². The standard InChI is InChI=1S/C16H18N2O3/c1-10-4-5-12(6-11(10)2)16(21)17-8-13-7-14(19)15(20)9-18(13)3/h4-7,9,20H,8H2,1-3H3,(H,17,21). The third-order valence-corrected chi connectivity index (χ3v) is 3.52. The molecule has 0 saturated heterocycles. The molecular formula is C16H18N2O3. The molecule has 0 saturated carbocycles. The van der Waals surface area contributed by atoms with Crippen LogP contribution >= 0.6 is 0 Å². The Morgan fingerprint density at radius 2 is 1.95 bits per heavy atom. The number of nitrogens with zero attached hydrogens (tertiary/aromatic N) is 1. The van der Waals surface area contributed by atoms with Crippen molar-refractivity contribution in [2.24, 2.45) is 7.05 Å². The second-order valence-corrected chi connectivity index (χ2v) is 5.11. The number of hydrogen-bond acceptors (Lipinski definition) is 3. The summed E-state index contributed by atoms with van der Waals surface area (Å²) in [5, 5.41) is 12.1. The van der Waals surface area contributed by atoms with Gasteiger partial charge in [0.05, 0.1) is 6.54 Å². The van der Waals surface area contributed by atoms with Gasteiger partial charge in [0, 0.05) is 30.6 Å². The molecule has 0 unspecified atom stereocenters. The van der Waals surface area contributed by atoms with Gasteiger partial charge in [-0.1, -0.05) is 6.07 Å². The van der Waals surface area contributed by atoms with E-state index in [4.69, 9.17) is 0 Å². The van der Waals surface area contributed by atoms with E-state index in [1.54, 1.807) is 17.7 Å². The van der Waals surface area contributed by atoms with Gasteiger partial charge in [0.2, 0.25) is 5.43 Å². The average Bonchev–Trinajstić information content (AvgIpc) is 2.44. The Morgan fingerprint density at radius 3 is 2.62 bits per heavy atom. The van der Waals surface area contributed by atoms with Gasteiger partial charge in [0.25, 0.3) is 5.91 Å². The molecule has 0 spiro atoms. The predicted octanol–water partition coefficient (Wildman–Crippen LogP) is 1.64. The number of nitrogens with one attached hydrogen (secondary N) is 1. The first-order valence-corrected chi connectivity index (χ1v) is 6.62. The molecule has 0 bridgehead atoms. The minimum atomic E-state index is -0.455. The van der Waals surface area contributed by atoms with E-state index < -0.39 is 5.43 Å². The highest BCUT2D eigenvalue weighted by Crippen LogP contribution is 2.10. The van der Waals surface area contributed by atoms with Crippen molar-refractivity contribution >= 4 is 5.91 Å². The molecule has 1 aromatic carbocycles. The largest absolute Gasteiger partial charge is 0.503 e. The number of carbonyl (C=O) groups is 1. The number of carbonyl (C=O) groups excluding carboxylic acids is 1. The van der Waals surface area contributed by atoms with Crippen LogP contribution in [0.2, 0.25) is 0 Å². The van der Waals surface area contributed by atoms with Crippen LogP contribution in [0, 0.1) is 13.8 Å². The van der Waals surface area contributed by atoms with E-state index in [0.29, 0.717) is 11.3 Å². The van der Waals surface area contributed by atoms with Crippen molar-refractivity contribution in [2.45, 2.75) is 20.4 Å². The van der Waals surface area contributed by atoms with Gasteiger partial charge >= 0.3 is 0 Å². The summed E-state index contributed by atoms with van der Waals surface area (Å²) < 4.78 is 1.61. The van der Waals surface area contributed by atoms with Crippen LogP contribution in [-0.4, -0.2) is 15.6 Å². The summed E-state index contributed by atoms with van der Waals surface area (Å²) in [5.74, 6) is -0.500. The van der Waals surface area contributed by atoms with E-state index in [-0.39, 0.29) is 18.2 Å². The zero-order chi connectivity index (χ0) is 15.6. The number of aryl methyl sites for hydroxylation is 3. The van der Waals surface area contributed by atoms with Crippen molar-refractivity contribution in [2.75, 3.05) is 0 Å². The predicted molar refractivity (Wildman–Crippen MR) is 80.4 cm³/mol. The zero-order valence-corrected chi connectivity index (χ0v) is 12.3. The van der Waals surface area contributed by atoms with E-state index >= 15 is 0 Å². The molecule has 0 fully saturated rings. The molecule has 5 heteroatoms. The van der Waals surface area contributed by atoms with Crippen LogP contribution in [0.25, 0.3) is 0 Å². The maximum atomic E-state index is 12.1. The van der Waals surface area contributed by atoms with Crippen LogP contribution in [-0.2, 0) is 13.6 Å². The Kier molecular flexibility index (Phi) is 4.12. The Hall–Kier alpha value is -2.56. The van der Waals surface area contributed by atoms with Crippen LogP contribution in [0.1, 0.15) is 27.2 Å². The van der Waals surface area contributed by atoms with E-state index in [1.165, 1.54) is 12.3 Å². The first-order valence-electron chi connectivity index (χ1n) is 6.62. The van der Waals surface area contributed by atoms with E-state index in [2.05, 4.69) is 5.32 Å². The molecule has 0 aliphatic carbocycles. The van der Waals surface area contributed by atoms with Gasteiger partial charge in [0.15, 0.2) is 5.75 Å². The fraction of sp³-hybridized carbons (Fsp3) is 0.250. The fourth-order valence-electron chi connectivity index (χ4n) is 1.99. The molecule has 0 aliphatic heterocycles. The SMILES string of the molecule is Cc1ccc(C(=O)NCc2cc(=O)c(O)cn2C)cc1C. The fourth-order valence-corrected chi connectivity index (χ4v) is 1.99. The highest BCUT2D eigenvalue weighted by Gasteiger charge is 2.08. The van der Waals surface area contributed by atoms with Gasteiger partial charge in [-0.05, 0) is 37.1 Å². The minimum Gasteiger partial charge on any atom is -0.503 e. The van der Waals surface area contributed by atoms with Gasteiger partial charge in [-0.15, -0.1) is 0 Å². The molecule has 0 aliphatic rings. The summed E-state index contributed by atoms with van der Waals surface area (Å²) in [6.45, 7) is 4.16. The number of aromatic nitrogens is 1. The molecule has 2 aromatic rings. The van der Waals surface area contributed by atoms with Gasteiger partial charge in [-0.25, -0.2) is 0 Å². The van der Waals surface area contributed by atoms with Gasteiger partial charge in [-0.3, -0.25) is 9.59 Å². The van der Waals surface area contributed by atoms with E-state index in [1.807, 2.05) is 26.0 Å². The molecular weight excluding hydrogens is 268 g/mol. The lowest BCUT2D eigenvalue weighted by Crippen LogP contribution is -2.25. The molecule has 2 rings (SSSR count). The molecule has 0 radical (unpaired) electrons. The number of rotatable bonds is 3. The van der Waals surface area contributed by atoms with Crippen LogP contribution in [0.4, 0.5) is 0 Å². The third-order valence-electron chi connectivity index (χ3n) is 3.52. The molecule has 0 atom stereocenters. The second kappa shape index (κ2) is 5.83. The zero-order valence-electron chi connectivity index (χ0n) is 12.3. The van der Waals surface area contributed by atoms with Crippen molar-refractivity contribution in [1.29, 1.82) is 0 Å². The summed E-state index contributed by atoms with van der Waals surface area (Å²) >= 11 is 0. The maximum Gasteiger partial charge on any atom is 0.251 e. The minimum absolute atomic E-state index is 0.196. The number of amides is 1. The summed E-state index contributed by atoms with van der Waals surface area (Å²) in [7, 11) is 1.71. The molecule has 2 N–H and O–H groups in total. The Bertz CT molecular complexity index is 748. The van der Waals surface area contributed by atoms with Gasteiger partial charge in [-0.2, -0.15) is 0 Å². The Balaban J connectivity index is 2.12. The first kappa shape index (κ1) is 14.8. The quantitative estimate of drug-likeness (QED) is 0.901. The number of benzene rings is 1. The molecule has 1 amide bonds. The summed E-state index contributed by atoms with van der Waals surface area (Å²) in [6.07, 6.45) is 1.33. The van der Waals surface area contributed by atoms with Gasteiger partial charge < -0.3 is 15.0 Å². The summed E-state index contributed by atoms with van der Waals surface area (Å²) in [6, 6.07) is 6.82. The van der Waals surface area contributed by atoms with Crippen molar-refractivity contribution < 1.29 is 9.90 Å². The summed E-state index contributed by atoms with van der Waals surface area (Å²) in [5.41, 5.74) is 2.94. The van der Waals surface area contributed by atoms with Crippen molar-refractivity contribution in [3.63, 3.8) is 0 Å². The second-order valence-electron chi connectivity index (χ2n) is 5.11. The highest BCUT2D eigenvalue weighted by molar-refractivity contribution is 5.94. The lowest BCUT2D eigenvalue weighted by molar-refractivity contribution is 0.0950. The smallest absolute Gasteiger partial charge is 0.251 e. The van der Waals surface area contributed by atoms with Crippen LogP contribution < -0.4 is 10.7 Å². The number of hydrogen-bond donors (Lipinski definition) is 2. The topological polar surface area (TPSA) is 71.3 Å². The monoisotopic (exact) mass is 286 g/mol.